The van der Waals surface area contributed by atoms with Gasteiger partial charge in [0.2, 0.25) is 21.8 Å². The molecule has 0 unspecified atom stereocenters. The van der Waals surface area contributed by atoms with Gasteiger partial charge in [-0.2, -0.15) is 0 Å². The van der Waals surface area contributed by atoms with Gasteiger partial charge < -0.3 is 10.2 Å². The van der Waals surface area contributed by atoms with Gasteiger partial charge in [0.1, 0.15) is 12.6 Å². The Morgan fingerprint density at radius 2 is 1.79 bits per heavy atom. The average molecular weight is 494 g/mol. The van der Waals surface area contributed by atoms with Crippen molar-refractivity contribution < 1.29 is 18.0 Å². The highest BCUT2D eigenvalue weighted by Gasteiger charge is 2.30. The molecule has 0 saturated carbocycles. The summed E-state index contributed by atoms with van der Waals surface area (Å²) in [6.45, 7) is 5.89. The molecule has 180 valence electrons. The van der Waals surface area contributed by atoms with Crippen molar-refractivity contribution in [2.24, 2.45) is 0 Å². The number of carbonyl (C=O) groups excluding carboxylic acids is 2. The first-order valence-corrected chi connectivity index (χ1v) is 13.1. The summed E-state index contributed by atoms with van der Waals surface area (Å²) < 4.78 is 26.0. The number of amides is 2. The molecule has 0 aliphatic carbocycles. The van der Waals surface area contributed by atoms with E-state index in [2.05, 4.69) is 5.32 Å². The molecule has 0 fully saturated rings. The summed E-state index contributed by atoms with van der Waals surface area (Å²) in [7, 11) is -3.78. The Morgan fingerprint density at radius 1 is 1.12 bits per heavy atom. The third kappa shape index (κ3) is 8.05. The molecular weight excluding hydrogens is 462 g/mol. The molecule has 0 aliphatic heterocycles. The van der Waals surface area contributed by atoms with Crippen molar-refractivity contribution in [3.8, 4) is 0 Å². The van der Waals surface area contributed by atoms with Crippen LogP contribution in [0.2, 0.25) is 5.02 Å². The van der Waals surface area contributed by atoms with Gasteiger partial charge in [-0.1, -0.05) is 60.8 Å². The maximum Gasteiger partial charge on any atom is 0.244 e. The Balaban J connectivity index is 2.33. The number of halogens is 1. The highest BCUT2D eigenvalue weighted by molar-refractivity contribution is 7.92. The highest BCUT2D eigenvalue weighted by atomic mass is 35.5. The lowest BCUT2D eigenvalue weighted by Gasteiger charge is -2.31. The first kappa shape index (κ1) is 26.7. The van der Waals surface area contributed by atoms with Gasteiger partial charge >= 0.3 is 0 Å². The maximum absolute atomic E-state index is 13.4. The monoisotopic (exact) mass is 493 g/mol. The van der Waals surface area contributed by atoms with E-state index < -0.39 is 28.5 Å². The number of aryl methyl sites for hydroxylation is 1. The van der Waals surface area contributed by atoms with E-state index in [1.165, 1.54) is 11.0 Å². The van der Waals surface area contributed by atoms with Gasteiger partial charge in [-0.15, -0.1) is 0 Å². The second-order valence-corrected chi connectivity index (χ2v) is 10.4. The van der Waals surface area contributed by atoms with Crippen LogP contribution in [-0.4, -0.2) is 50.5 Å². The summed E-state index contributed by atoms with van der Waals surface area (Å²) >= 11 is 6.04. The lowest BCUT2D eigenvalue weighted by atomic mass is 10.1. The van der Waals surface area contributed by atoms with Crippen LogP contribution in [0, 0.1) is 6.92 Å². The molecule has 0 saturated heterocycles. The number of nitrogens with one attached hydrogen (secondary N) is 1. The molecule has 1 N–H and O–H groups in total. The van der Waals surface area contributed by atoms with Gasteiger partial charge in [0.25, 0.3) is 0 Å². The topological polar surface area (TPSA) is 86.8 Å². The molecule has 1 atom stereocenters. The smallest absolute Gasteiger partial charge is 0.244 e. The van der Waals surface area contributed by atoms with Crippen LogP contribution >= 0.6 is 11.6 Å². The van der Waals surface area contributed by atoms with Crippen LogP contribution in [0.25, 0.3) is 0 Å². The Kier molecular flexibility index (Phi) is 9.73. The molecule has 0 heterocycles. The number of anilines is 1. The molecule has 9 heteroatoms. The van der Waals surface area contributed by atoms with Crippen molar-refractivity contribution in [3.63, 3.8) is 0 Å². The number of hydrogen-bond donors (Lipinski definition) is 1. The van der Waals surface area contributed by atoms with E-state index in [1.54, 1.807) is 25.1 Å². The minimum Gasteiger partial charge on any atom is -0.354 e. The second-order valence-electron chi connectivity index (χ2n) is 8.08. The van der Waals surface area contributed by atoms with Crippen LogP contribution in [0.15, 0.2) is 48.5 Å². The molecule has 2 amide bonds. The quantitative estimate of drug-likeness (QED) is 0.483. The molecule has 2 aromatic rings. The number of unbranched alkanes of at least 4 members (excludes halogenated alkanes) is 1. The minimum absolute atomic E-state index is 0.175. The maximum atomic E-state index is 13.4. The van der Waals surface area contributed by atoms with E-state index in [0.717, 1.165) is 34.5 Å². The Hall–Kier alpha value is -2.58. The fraction of sp³-hybridized carbons (Fsp3) is 0.417. The lowest BCUT2D eigenvalue weighted by molar-refractivity contribution is -0.139. The fourth-order valence-corrected chi connectivity index (χ4v) is 4.28. The first-order chi connectivity index (χ1) is 15.5. The zero-order chi connectivity index (χ0) is 24.6. The van der Waals surface area contributed by atoms with Crippen LogP contribution in [0.1, 0.15) is 37.8 Å². The number of rotatable bonds is 11. The molecule has 33 heavy (non-hydrogen) atoms. The van der Waals surface area contributed by atoms with E-state index in [4.69, 9.17) is 11.6 Å². The van der Waals surface area contributed by atoms with Crippen LogP contribution in [0.5, 0.6) is 0 Å². The van der Waals surface area contributed by atoms with Gasteiger partial charge in [-0.05, 0) is 44.0 Å². The van der Waals surface area contributed by atoms with Gasteiger partial charge in [-0.25, -0.2) is 8.42 Å². The van der Waals surface area contributed by atoms with E-state index in [0.29, 0.717) is 11.6 Å². The molecule has 2 aromatic carbocycles. The summed E-state index contributed by atoms with van der Waals surface area (Å²) in [5.41, 5.74) is 2.20. The van der Waals surface area contributed by atoms with Crippen LogP contribution in [0.4, 0.5) is 5.69 Å². The van der Waals surface area contributed by atoms with Gasteiger partial charge in [0.15, 0.2) is 0 Å². The molecule has 2 rings (SSSR count). The molecule has 0 bridgehead atoms. The molecule has 0 aliphatic rings. The zero-order valence-corrected chi connectivity index (χ0v) is 21.1. The summed E-state index contributed by atoms with van der Waals surface area (Å²) in [5.74, 6) is -0.767. The Bertz CT molecular complexity index is 1060. The lowest BCUT2D eigenvalue weighted by Crippen LogP contribution is -2.51. The van der Waals surface area contributed by atoms with Crippen molar-refractivity contribution in [3.05, 3.63) is 64.7 Å². The van der Waals surface area contributed by atoms with E-state index >= 15 is 0 Å². The van der Waals surface area contributed by atoms with Gasteiger partial charge in [0, 0.05) is 18.1 Å². The summed E-state index contributed by atoms with van der Waals surface area (Å²) in [6, 6.07) is 13.2. The highest BCUT2D eigenvalue weighted by Crippen LogP contribution is 2.22. The van der Waals surface area contributed by atoms with Crippen LogP contribution < -0.4 is 9.62 Å². The molecule has 0 spiro atoms. The van der Waals surface area contributed by atoms with Gasteiger partial charge in [0.05, 0.1) is 11.9 Å². The van der Waals surface area contributed by atoms with Crippen LogP contribution in [0.3, 0.4) is 0 Å². The molecule has 0 aromatic heterocycles. The molecular formula is C24H32ClN3O4S. The Labute approximate surface area is 201 Å². The Morgan fingerprint density at radius 3 is 2.36 bits per heavy atom. The third-order valence-electron chi connectivity index (χ3n) is 5.25. The standard InChI is InChI=1S/C24H32ClN3O4S/c1-5-6-14-26-24(30)19(3)27(16-20-12-10-18(2)11-13-20)23(29)17-28(33(4,31)32)22-9-7-8-21(25)15-22/h7-13,15,19H,5-6,14,16-17H2,1-4H3,(H,26,30)/t19-/m1/s1. The van der Waals surface area contributed by atoms with E-state index in [9.17, 15) is 18.0 Å². The molecule has 0 radical (unpaired) electrons. The third-order valence-corrected chi connectivity index (χ3v) is 6.62. The first-order valence-electron chi connectivity index (χ1n) is 10.9. The SMILES string of the molecule is CCCCNC(=O)[C@@H](C)N(Cc1ccc(C)cc1)C(=O)CN(c1cccc(Cl)c1)S(C)(=O)=O. The number of sulfonamides is 1. The van der Waals surface area contributed by atoms with Crippen LogP contribution in [-0.2, 0) is 26.2 Å². The number of carbonyl (C=O) groups is 2. The van der Waals surface area contributed by atoms with Gasteiger partial charge in [-0.3, -0.25) is 13.9 Å². The zero-order valence-electron chi connectivity index (χ0n) is 19.5. The summed E-state index contributed by atoms with van der Waals surface area (Å²) in [6.07, 6.45) is 2.80. The number of nitrogens with zero attached hydrogens (tertiary/aromatic N) is 2. The average Bonchev–Trinajstić information content (AvgIpc) is 2.75. The second kappa shape index (κ2) is 12.0. The normalized spacial score (nSPS) is 12.2. The van der Waals surface area contributed by atoms with E-state index in [-0.39, 0.29) is 18.1 Å². The molecule has 7 nitrogen and oxygen atoms in total. The van der Waals surface area contributed by atoms with Crippen molar-refractivity contribution in [1.29, 1.82) is 0 Å². The van der Waals surface area contributed by atoms with Crippen molar-refractivity contribution >= 4 is 39.1 Å². The van der Waals surface area contributed by atoms with E-state index in [1.807, 2.05) is 38.1 Å². The predicted octanol–water partition coefficient (Wildman–Crippen LogP) is 3.75. The van der Waals surface area contributed by atoms with Crippen molar-refractivity contribution in [1.82, 2.24) is 10.2 Å². The minimum atomic E-state index is -3.78. The predicted molar refractivity (Wildman–Crippen MR) is 133 cm³/mol. The van der Waals surface area contributed by atoms with Crippen molar-refractivity contribution in [2.75, 3.05) is 23.7 Å². The largest absolute Gasteiger partial charge is 0.354 e. The number of benzene rings is 2. The number of hydrogen-bond acceptors (Lipinski definition) is 4. The summed E-state index contributed by atoms with van der Waals surface area (Å²) in [4.78, 5) is 27.6. The van der Waals surface area contributed by atoms with Crippen molar-refractivity contribution in [2.45, 2.75) is 46.2 Å². The summed E-state index contributed by atoms with van der Waals surface area (Å²) in [5, 5.41) is 3.21. The fourth-order valence-electron chi connectivity index (χ4n) is 3.25.